The third kappa shape index (κ3) is 2.87. The molecule has 0 aliphatic heterocycles. The van der Waals surface area contributed by atoms with Gasteiger partial charge in [0.1, 0.15) is 5.69 Å². The van der Waals surface area contributed by atoms with Gasteiger partial charge >= 0.3 is 6.18 Å². The summed E-state index contributed by atoms with van der Waals surface area (Å²) in [6.07, 6.45) is -7.82. The zero-order valence-corrected chi connectivity index (χ0v) is 9.92. The molecule has 0 amide bonds. The summed E-state index contributed by atoms with van der Waals surface area (Å²) in [5.74, 6) is 0. The Morgan fingerprint density at radius 3 is 2.07 bits per heavy atom. The molecule has 0 saturated heterocycles. The number of halogens is 7. The molecule has 1 nitrogen and oxygen atoms in total. The van der Waals surface area contributed by atoms with Crippen LogP contribution in [0.3, 0.4) is 0 Å². The van der Waals surface area contributed by atoms with Gasteiger partial charge in [0.2, 0.25) is 0 Å². The maximum atomic E-state index is 12.3. The molecule has 0 saturated carbocycles. The van der Waals surface area contributed by atoms with Gasteiger partial charge in [0, 0.05) is 8.95 Å². The summed E-state index contributed by atoms with van der Waals surface area (Å²) >= 11 is 5.32. The minimum absolute atomic E-state index is 0.169. The summed E-state index contributed by atoms with van der Waals surface area (Å²) < 4.78 is 60.8. The monoisotopic (exact) mass is 353 g/mol. The number of aromatic nitrogens is 1. The van der Waals surface area contributed by atoms with Crippen molar-refractivity contribution in [3.8, 4) is 0 Å². The van der Waals surface area contributed by atoms with Crippen LogP contribution in [0.4, 0.5) is 22.0 Å². The zero-order chi connectivity index (χ0) is 11.8. The number of nitrogens with zero attached hydrogens (tertiary/aromatic N) is 1. The number of hydrogen-bond donors (Lipinski definition) is 0. The van der Waals surface area contributed by atoms with Crippen molar-refractivity contribution >= 4 is 31.9 Å². The van der Waals surface area contributed by atoms with E-state index in [4.69, 9.17) is 0 Å². The summed E-state index contributed by atoms with van der Waals surface area (Å²) in [5, 5.41) is 0. The van der Waals surface area contributed by atoms with E-state index < -0.39 is 24.0 Å². The highest BCUT2D eigenvalue weighted by Gasteiger charge is 2.36. The molecule has 0 aromatic carbocycles. The van der Waals surface area contributed by atoms with Crippen LogP contribution in [-0.4, -0.2) is 4.98 Å². The zero-order valence-electron chi connectivity index (χ0n) is 6.75. The highest BCUT2D eigenvalue weighted by Crippen LogP contribution is 2.37. The van der Waals surface area contributed by atoms with Crippen molar-refractivity contribution in [2.45, 2.75) is 12.6 Å². The van der Waals surface area contributed by atoms with Gasteiger partial charge in [-0.1, -0.05) is 0 Å². The van der Waals surface area contributed by atoms with E-state index in [1.54, 1.807) is 0 Å². The predicted molar refractivity (Wildman–Crippen MR) is 49.6 cm³/mol. The van der Waals surface area contributed by atoms with Crippen molar-refractivity contribution in [2.75, 3.05) is 0 Å². The van der Waals surface area contributed by atoms with Gasteiger partial charge in [-0.05, 0) is 37.9 Å². The van der Waals surface area contributed by atoms with E-state index in [0.717, 1.165) is 6.07 Å². The first-order chi connectivity index (χ1) is 6.73. The van der Waals surface area contributed by atoms with Crippen LogP contribution >= 0.6 is 31.9 Å². The molecule has 0 atom stereocenters. The number of alkyl halides is 5. The van der Waals surface area contributed by atoms with Crippen molar-refractivity contribution in [3.05, 3.63) is 26.4 Å². The molecule has 0 aliphatic rings. The van der Waals surface area contributed by atoms with Gasteiger partial charge in [-0.15, -0.1) is 0 Å². The highest BCUT2D eigenvalue weighted by atomic mass is 79.9. The van der Waals surface area contributed by atoms with Crippen molar-refractivity contribution < 1.29 is 22.0 Å². The van der Waals surface area contributed by atoms with E-state index >= 15 is 0 Å². The summed E-state index contributed by atoms with van der Waals surface area (Å²) in [5.41, 5.74) is -2.29. The molecule has 0 fully saturated rings. The first-order valence-electron chi connectivity index (χ1n) is 3.44. The van der Waals surface area contributed by atoms with Crippen LogP contribution in [-0.2, 0) is 6.18 Å². The fraction of sp³-hybridized carbons (Fsp3) is 0.286. The largest absolute Gasteiger partial charge is 0.434 e. The first kappa shape index (κ1) is 12.8. The van der Waals surface area contributed by atoms with E-state index in [-0.39, 0.29) is 8.95 Å². The minimum atomic E-state index is -4.76. The van der Waals surface area contributed by atoms with Crippen molar-refractivity contribution in [3.63, 3.8) is 0 Å². The lowest BCUT2D eigenvalue weighted by molar-refractivity contribution is -0.142. The Kier molecular flexibility index (Phi) is 3.70. The Balaban J connectivity index is 3.37. The molecule has 8 heteroatoms. The van der Waals surface area contributed by atoms with Crippen molar-refractivity contribution in [2.24, 2.45) is 0 Å². The molecule has 1 rings (SSSR count). The standard InChI is InChI=1S/C7H2Br2F5N/c8-2-1-3(9)5(7(12,13)14)15-4(2)6(10)11/h1,6H. The lowest BCUT2D eigenvalue weighted by atomic mass is 10.3. The molecular weight excluding hydrogens is 353 g/mol. The summed E-state index contributed by atoms with van der Waals surface area (Å²) in [6.45, 7) is 0. The van der Waals surface area contributed by atoms with Gasteiger partial charge in [0.25, 0.3) is 6.43 Å². The van der Waals surface area contributed by atoms with Crippen LogP contribution in [0.25, 0.3) is 0 Å². The molecular formula is C7H2Br2F5N. The Hall–Kier alpha value is -0.240. The SMILES string of the molecule is FC(F)c1nc(C(F)(F)F)c(Br)cc1Br. The lowest BCUT2D eigenvalue weighted by Gasteiger charge is -2.11. The second-order valence-corrected chi connectivity index (χ2v) is 4.19. The Morgan fingerprint density at radius 1 is 1.13 bits per heavy atom. The molecule has 0 unspecified atom stereocenters. The average molecular weight is 355 g/mol. The lowest BCUT2D eigenvalue weighted by Crippen LogP contribution is -2.11. The quantitative estimate of drug-likeness (QED) is 0.673. The van der Waals surface area contributed by atoms with Gasteiger partial charge in [-0.2, -0.15) is 13.2 Å². The molecule has 0 bridgehead atoms. The normalized spacial score (nSPS) is 12.3. The molecule has 1 heterocycles. The van der Waals surface area contributed by atoms with E-state index in [2.05, 4.69) is 36.8 Å². The van der Waals surface area contributed by atoms with Crippen LogP contribution in [0, 0.1) is 0 Å². The topological polar surface area (TPSA) is 12.9 Å². The van der Waals surface area contributed by atoms with Gasteiger partial charge in [0.15, 0.2) is 5.69 Å². The summed E-state index contributed by atoms with van der Waals surface area (Å²) in [6, 6.07) is 0.900. The molecule has 1 aromatic heterocycles. The fourth-order valence-electron chi connectivity index (χ4n) is 0.833. The van der Waals surface area contributed by atoms with Crippen molar-refractivity contribution in [1.29, 1.82) is 0 Å². The van der Waals surface area contributed by atoms with Crippen molar-refractivity contribution in [1.82, 2.24) is 4.98 Å². The molecule has 0 N–H and O–H groups in total. The maximum absolute atomic E-state index is 12.3. The van der Waals surface area contributed by atoms with Crippen LogP contribution in [0.1, 0.15) is 17.8 Å². The Bertz CT molecular complexity index is 376. The number of hydrogen-bond acceptors (Lipinski definition) is 1. The summed E-state index contributed by atoms with van der Waals surface area (Å²) in [7, 11) is 0. The third-order valence-corrected chi connectivity index (χ3v) is 2.67. The van der Waals surface area contributed by atoms with Gasteiger partial charge < -0.3 is 0 Å². The summed E-state index contributed by atoms with van der Waals surface area (Å²) in [4.78, 5) is 2.87. The molecule has 1 aromatic rings. The van der Waals surface area contributed by atoms with Crippen LogP contribution < -0.4 is 0 Å². The fourth-order valence-corrected chi connectivity index (χ4v) is 2.17. The van der Waals surface area contributed by atoms with E-state index in [0.29, 0.717) is 0 Å². The van der Waals surface area contributed by atoms with Gasteiger partial charge in [-0.25, -0.2) is 13.8 Å². The van der Waals surface area contributed by atoms with Gasteiger partial charge in [0.05, 0.1) is 0 Å². The van der Waals surface area contributed by atoms with E-state index in [9.17, 15) is 22.0 Å². The Morgan fingerprint density at radius 2 is 1.67 bits per heavy atom. The molecule has 0 aliphatic carbocycles. The molecule has 15 heavy (non-hydrogen) atoms. The predicted octanol–water partition coefficient (Wildman–Crippen LogP) is 4.56. The smallest absolute Gasteiger partial charge is 0.240 e. The number of pyridine rings is 1. The van der Waals surface area contributed by atoms with Crippen LogP contribution in [0.5, 0.6) is 0 Å². The third-order valence-electron chi connectivity index (χ3n) is 1.43. The van der Waals surface area contributed by atoms with E-state index in [1.165, 1.54) is 0 Å². The minimum Gasteiger partial charge on any atom is -0.240 e. The second kappa shape index (κ2) is 4.32. The second-order valence-electron chi connectivity index (χ2n) is 2.48. The number of rotatable bonds is 1. The average Bonchev–Trinajstić information content (AvgIpc) is 2.00. The maximum Gasteiger partial charge on any atom is 0.434 e. The first-order valence-corrected chi connectivity index (χ1v) is 5.03. The highest BCUT2D eigenvalue weighted by molar-refractivity contribution is 9.11. The van der Waals surface area contributed by atoms with Crippen LogP contribution in [0.2, 0.25) is 0 Å². The van der Waals surface area contributed by atoms with Gasteiger partial charge in [-0.3, -0.25) is 0 Å². The van der Waals surface area contributed by atoms with E-state index in [1.807, 2.05) is 0 Å². The Labute approximate surface area is 97.9 Å². The molecule has 84 valence electrons. The molecule has 0 radical (unpaired) electrons. The molecule has 0 spiro atoms. The van der Waals surface area contributed by atoms with Crippen LogP contribution in [0.15, 0.2) is 15.0 Å².